The van der Waals surface area contributed by atoms with Crippen LogP contribution in [0.2, 0.25) is 0 Å². The topological polar surface area (TPSA) is 57.7 Å². The molecule has 0 N–H and O–H groups in total. The fourth-order valence-electron chi connectivity index (χ4n) is 3.40. The standard InChI is InChI=1S/C21H23F3N2O3S/c1-15-3-8-18(30(2,28)29)13-19(15)20(27)26-11-9-25(10-12-26)14-16-4-6-17(7-5-16)21(22,23)24/h3-8,13H,9-12,14H2,1-2H3. The van der Waals surface area contributed by atoms with E-state index in [1.807, 2.05) is 0 Å². The van der Waals surface area contributed by atoms with E-state index in [0.29, 0.717) is 43.9 Å². The molecule has 2 aromatic carbocycles. The molecule has 162 valence electrons. The Morgan fingerprint density at radius 1 is 1.00 bits per heavy atom. The first kappa shape index (κ1) is 22.3. The number of sulfone groups is 1. The van der Waals surface area contributed by atoms with Gasteiger partial charge in [-0.3, -0.25) is 9.69 Å². The Bertz CT molecular complexity index is 1030. The molecule has 0 unspecified atom stereocenters. The van der Waals surface area contributed by atoms with E-state index < -0.39 is 21.6 Å². The maximum atomic E-state index is 12.9. The third-order valence-corrected chi connectivity index (χ3v) is 6.32. The maximum absolute atomic E-state index is 12.9. The molecule has 5 nitrogen and oxygen atoms in total. The molecule has 1 aliphatic heterocycles. The number of nitrogens with zero attached hydrogens (tertiary/aromatic N) is 2. The monoisotopic (exact) mass is 440 g/mol. The molecule has 0 spiro atoms. The van der Waals surface area contributed by atoms with Gasteiger partial charge >= 0.3 is 6.18 Å². The normalized spacial score (nSPS) is 16.0. The van der Waals surface area contributed by atoms with Gasteiger partial charge in [0.05, 0.1) is 10.5 Å². The molecule has 0 bridgehead atoms. The molecule has 0 atom stereocenters. The van der Waals surface area contributed by atoms with Crippen molar-refractivity contribution in [2.24, 2.45) is 0 Å². The van der Waals surface area contributed by atoms with Crippen molar-refractivity contribution in [2.45, 2.75) is 24.5 Å². The first-order valence-corrected chi connectivity index (χ1v) is 11.3. The van der Waals surface area contributed by atoms with Gasteiger partial charge in [-0.05, 0) is 42.3 Å². The number of halogens is 3. The largest absolute Gasteiger partial charge is 0.416 e. The van der Waals surface area contributed by atoms with Crippen LogP contribution in [-0.4, -0.2) is 56.6 Å². The van der Waals surface area contributed by atoms with E-state index in [1.54, 1.807) is 17.9 Å². The number of amides is 1. The highest BCUT2D eigenvalue weighted by atomic mass is 32.2. The van der Waals surface area contributed by atoms with E-state index in [2.05, 4.69) is 4.90 Å². The van der Waals surface area contributed by atoms with Crippen molar-refractivity contribution in [1.29, 1.82) is 0 Å². The summed E-state index contributed by atoms with van der Waals surface area (Å²) in [5.74, 6) is -0.216. The highest BCUT2D eigenvalue weighted by molar-refractivity contribution is 7.90. The van der Waals surface area contributed by atoms with Gasteiger partial charge in [0.2, 0.25) is 0 Å². The second-order valence-electron chi connectivity index (χ2n) is 7.51. The van der Waals surface area contributed by atoms with Gasteiger partial charge < -0.3 is 4.90 Å². The Kier molecular flexibility index (Phi) is 6.24. The first-order valence-electron chi connectivity index (χ1n) is 9.43. The zero-order chi connectivity index (χ0) is 22.1. The molecule has 0 radical (unpaired) electrons. The van der Waals surface area contributed by atoms with Crippen molar-refractivity contribution in [1.82, 2.24) is 9.80 Å². The Labute approximate surface area is 174 Å². The molecule has 1 heterocycles. The Morgan fingerprint density at radius 3 is 2.13 bits per heavy atom. The number of carbonyl (C=O) groups is 1. The average molecular weight is 440 g/mol. The summed E-state index contributed by atoms with van der Waals surface area (Å²) in [4.78, 5) is 16.8. The molecule has 30 heavy (non-hydrogen) atoms. The zero-order valence-corrected chi connectivity index (χ0v) is 17.6. The van der Waals surface area contributed by atoms with E-state index in [4.69, 9.17) is 0 Å². The predicted molar refractivity (Wildman–Crippen MR) is 107 cm³/mol. The van der Waals surface area contributed by atoms with Crippen molar-refractivity contribution < 1.29 is 26.4 Å². The van der Waals surface area contributed by atoms with Gasteiger partial charge in [-0.1, -0.05) is 18.2 Å². The van der Waals surface area contributed by atoms with E-state index >= 15 is 0 Å². The summed E-state index contributed by atoms with van der Waals surface area (Å²) in [6, 6.07) is 9.63. The maximum Gasteiger partial charge on any atom is 0.416 e. The SMILES string of the molecule is Cc1ccc(S(C)(=O)=O)cc1C(=O)N1CCN(Cc2ccc(C(F)(F)F)cc2)CC1. The minimum absolute atomic E-state index is 0.109. The summed E-state index contributed by atoms with van der Waals surface area (Å²) < 4.78 is 61.6. The fraction of sp³-hybridized carbons (Fsp3) is 0.381. The predicted octanol–water partition coefficient (Wildman–Crippen LogP) is 3.38. The number of alkyl halides is 3. The van der Waals surface area contributed by atoms with Crippen LogP contribution in [0.5, 0.6) is 0 Å². The smallest absolute Gasteiger partial charge is 0.336 e. The van der Waals surface area contributed by atoms with Crippen molar-refractivity contribution in [3.05, 3.63) is 64.7 Å². The quantitative estimate of drug-likeness (QED) is 0.732. The van der Waals surface area contributed by atoms with Crippen molar-refractivity contribution >= 4 is 15.7 Å². The van der Waals surface area contributed by atoms with E-state index in [-0.39, 0.29) is 10.8 Å². The van der Waals surface area contributed by atoms with E-state index in [0.717, 1.165) is 24.0 Å². The minimum Gasteiger partial charge on any atom is -0.336 e. The number of aryl methyl sites for hydroxylation is 1. The molecule has 1 amide bonds. The van der Waals surface area contributed by atoms with Gasteiger partial charge in [-0.25, -0.2) is 8.42 Å². The van der Waals surface area contributed by atoms with Crippen LogP contribution in [0.4, 0.5) is 13.2 Å². The van der Waals surface area contributed by atoms with Crippen LogP contribution in [0.1, 0.15) is 27.0 Å². The number of benzene rings is 2. The highest BCUT2D eigenvalue weighted by Gasteiger charge is 2.30. The van der Waals surface area contributed by atoms with Crippen LogP contribution in [0, 0.1) is 6.92 Å². The van der Waals surface area contributed by atoms with Crippen LogP contribution in [0.3, 0.4) is 0 Å². The molecule has 1 saturated heterocycles. The summed E-state index contributed by atoms with van der Waals surface area (Å²) in [6.07, 6.45) is -3.25. The Hall–Kier alpha value is -2.39. The highest BCUT2D eigenvalue weighted by Crippen LogP contribution is 2.29. The van der Waals surface area contributed by atoms with Crippen molar-refractivity contribution in [3.8, 4) is 0 Å². The molecule has 0 aromatic heterocycles. The lowest BCUT2D eigenvalue weighted by atomic mass is 10.1. The molecule has 2 aromatic rings. The molecule has 9 heteroatoms. The number of rotatable bonds is 4. The lowest BCUT2D eigenvalue weighted by molar-refractivity contribution is -0.137. The van der Waals surface area contributed by atoms with Gasteiger partial charge in [-0.15, -0.1) is 0 Å². The fourth-order valence-corrected chi connectivity index (χ4v) is 4.05. The van der Waals surface area contributed by atoms with Crippen LogP contribution in [0.25, 0.3) is 0 Å². The molecular weight excluding hydrogens is 417 g/mol. The molecule has 0 aliphatic carbocycles. The summed E-state index contributed by atoms with van der Waals surface area (Å²) in [7, 11) is -3.41. The number of hydrogen-bond acceptors (Lipinski definition) is 4. The van der Waals surface area contributed by atoms with Crippen molar-refractivity contribution in [2.75, 3.05) is 32.4 Å². The van der Waals surface area contributed by atoms with Gasteiger partial charge in [0.15, 0.2) is 9.84 Å². The second kappa shape index (κ2) is 8.39. The number of carbonyl (C=O) groups excluding carboxylic acids is 1. The summed E-state index contributed by atoms with van der Waals surface area (Å²) >= 11 is 0. The van der Waals surface area contributed by atoms with Crippen LogP contribution in [0.15, 0.2) is 47.4 Å². The lowest BCUT2D eigenvalue weighted by Gasteiger charge is -2.35. The molecule has 1 fully saturated rings. The average Bonchev–Trinajstić information content (AvgIpc) is 2.67. The third-order valence-electron chi connectivity index (χ3n) is 5.21. The van der Waals surface area contributed by atoms with Crippen molar-refractivity contribution in [3.63, 3.8) is 0 Å². The molecular formula is C21H23F3N2O3S. The summed E-state index contributed by atoms with van der Waals surface area (Å²) in [5, 5.41) is 0. The Balaban J connectivity index is 1.62. The van der Waals surface area contributed by atoms with Crippen LogP contribution < -0.4 is 0 Å². The zero-order valence-electron chi connectivity index (χ0n) is 16.7. The first-order chi connectivity index (χ1) is 13.9. The molecule has 1 aliphatic rings. The van der Waals surface area contributed by atoms with E-state index in [1.165, 1.54) is 24.3 Å². The third kappa shape index (κ3) is 5.20. The van der Waals surface area contributed by atoms with Crippen LogP contribution in [-0.2, 0) is 22.6 Å². The molecule has 0 saturated carbocycles. The van der Waals surface area contributed by atoms with E-state index in [9.17, 15) is 26.4 Å². The van der Waals surface area contributed by atoms with Gasteiger partial charge in [0, 0.05) is 44.5 Å². The Morgan fingerprint density at radius 2 is 1.60 bits per heavy atom. The number of piperazine rings is 1. The summed E-state index contributed by atoms with van der Waals surface area (Å²) in [5.41, 5.74) is 1.18. The summed E-state index contributed by atoms with van der Waals surface area (Å²) in [6.45, 7) is 4.35. The van der Waals surface area contributed by atoms with Gasteiger partial charge in [0.1, 0.15) is 0 Å². The lowest BCUT2D eigenvalue weighted by Crippen LogP contribution is -2.48. The second-order valence-corrected chi connectivity index (χ2v) is 9.53. The van der Waals surface area contributed by atoms with Gasteiger partial charge in [-0.2, -0.15) is 13.2 Å². The van der Waals surface area contributed by atoms with Gasteiger partial charge in [0.25, 0.3) is 5.91 Å². The van der Waals surface area contributed by atoms with Crippen LogP contribution >= 0.6 is 0 Å². The minimum atomic E-state index is -4.35. The number of hydrogen-bond donors (Lipinski definition) is 0. The molecule has 3 rings (SSSR count).